The molecule has 1 aliphatic rings. The number of benzene rings is 2. The first-order valence-corrected chi connectivity index (χ1v) is 7.43. The van der Waals surface area contributed by atoms with Crippen LogP contribution in [0.5, 0.6) is 11.5 Å². The lowest BCUT2D eigenvalue weighted by Gasteiger charge is -2.21. The van der Waals surface area contributed by atoms with Gasteiger partial charge in [0, 0.05) is 30.2 Å². The van der Waals surface area contributed by atoms with Crippen LogP contribution in [0.2, 0.25) is 5.02 Å². The van der Waals surface area contributed by atoms with E-state index in [0.29, 0.717) is 5.75 Å². The predicted octanol–water partition coefficient (Wildman–Crippen LogP) is 3.83. The van der Waals surface area contributed by atoms with Crippen molar-refractivity contribution in [1.82, 2.24) is 4.90 Å². The van der Waals surface area contributed by atoms with Crippen molar-refractivity contribution in [3.05, 3.63) is 58.6 Å². The van der Waals surface area contributed by atoms with Crippen LogP contribution in [0.4, 0.5) is 0 Å². The highest BCUT2D eigenvalue weighted by molar-refractivity contribution is 6.30. The number of ether oxygens (including phenoxy) is 1. The monoisotopic (exact) mass is 303 g/mol. The van der Waals surface area contributed by atoms with Gasteiger partial charge in [0.1, 0.15) is 17.6 Å². The van der Waals surface area contributed by atoms with Crippen molar-refractivity contribution in [2.24, 2.45) is 0 Å². The molecule has 0 saturated heterocycles. The van der Waals surface area contributed by atoms with Gasteiger partial charge in [0.25, 0.3) is 0 Å². The summed E-state index contributed by atoms with van der Waals surface area (Å²) in [6.07, 6.45) is 0.115. The number of aromatic hydroxyl groups is 1. The van der Waals surface area contributed by atoms with Crippen LogP contribution >= 0.6 is 11.6 Å². The summed E-state index contributed by atoms with van der Waals surface area (Å²) < 4.78 is 5.95. The second-order valence-corrected chi connectivity index (χ2v) is 5.96. The fraction of sp³-hybridized carbons (Fsp3) is 0.294. The molecule has 0 aromatic heterocycles. The summed E-state index contributed by atoms with van der Waals surface area (Å²) in [4.78, 5) is 2.31. The maximum absolute atomic E-state index is 9.58. The third-order valence-corrected chi connectivity index (χ3v) is 3.81. The zero-order valence-corrected chi connectivity index (χ0v) is 12.7. The molecular formula is C17H18ClNO2. The summed E-state index contributed by atoms with van der Waals surface area (Å²) in [5.74, 6) is 1.21. The summed E-state index contributed by atoms with van der Waals surface area (Å²) in [6, 6.07) is 13.1. The second kappa shape index (κ2) is 5.96. The minimum Gasteiger partial charge on any atom is -0.508 e. The van der Waals surface area contributed by atoms with E-state index in [2.05, 4.69) is 11.8 Å². The lowest BCUT2D eigenvalue weighted by molar-refractivity contribution is 0.156. The molecule has 1 heterocycles. The third-order valence-electron chi connectivity index (χ3n) is 3.58. The third kappa shape index (κ3) is 3.49. The number of rotatable bonds is 2. The fourth-order valence-corrected chi connectivity index (χ4v) is 2.94. The van der Waals surface area contributed by atoms with Gasteiger partial charge in [-0.2, -0.15) is 0 Å². The van der Waals surface area contributed by atoms with Gasteiger partial charge in [-0.1, -0.05) is 23.7 Å². The molecule has 0 bridgehead atoms. The highest BCUT2D eigenvalue weighted by atomic mass is 35.5. The van der Waals surface area contributed by atoms with Crippen molar-refractivity contribution >= 4 is 11.6 Å². The maximum atomic E-state index is 9.58. The predicted molar refractivity (Wildman–Crippen MR) is 83.8 cm³/mol. The van der Waals surface area contributed by atoms with Gasteiger partial charge in [0.15, 0.2) is 0 Å². The minimum atomic E-state index is 0.115. The number of fused-ring (bicyclic) bond motifs is 1. The Morgan fingerprint density at radius 1 is 1.29 bits per heavy atom. The Bertz CT molecular complexity index is 644. The zero-order valence-electron chi connectivity index (χ0n) is 11.9. The van der Waals surface area contributed by atoms with E-state index >= 15 is 0 Å². The lowest BCUT2D eigenvalue weighted by Crippen LogP contribution is -2.30. The summed E-state index contributed by atoms with van der Waals surface area (Å²) in [6.45, 7) is 4.46. The van der Waals surface area contributed by atoms with Gasteiger partial charge in [-0.05, 0) is 42.8 Å². The molecule has 110 valence electrons. The quantitative estimate of drug-likeness (QED) is 0.915. The number of nitrogens with zero attached hydrogens (tertiary/aromatic N) is 1. The SMILES string of the molecule is CC1CN(Cc2cccc(O)c2)Cc2cc(Cl)ccc2O1. The summed E-state index contributed by atoms with van der Waals surface area (Å²) in [5, 5.41) is 10.3. The smallest absolute Gasteiger partial charge is 0.124 e. The van der Waals surface area contributed by atoms with Crippen LogP contribution < -0.4 is 4.74 Å². The number of halogens is 1. The molecule has 0 fully saturated rings. The van der Waals surface area contributed by atoms with Crippen molar-refractivity contribution in [2.45, 2.75) is 26.1 Å². The van der Waals surface area contributed by atoms with Crippen molar-refractivity contribution in [2.75, 3.05) is 6.54 Å². The Labute approximate surface area is 129 Å². The molecule has 1 N–H and O–H groups in total. The summed E-state index contributed by atoms with van der Waals surface area (Å²) in [7, 11) is 0. The molecule has 3 rings (SSSR count). The van der Waals surface area contributed by atoms with Gasteiger partial charge in [-0.25, -0.2) is 0 Å². The van der Waals surface area contributed by atoms with Crippen molar-refractivity contribution in [3.63, 3.8) is 0 Å². The van der Waals surface area contributed by atoms with Gasteiger partial charge >= 0.3 is 0 Å². The average molecular weight is 304 g/mol. The van der Waals surface area contributed by atoms with Gasteiger partial charge in [-0.3, -0.25) is 4.90 Å². The Balaban J connectivity index is 1.83. The van der Waals surface area contributed by atoms with E-state index < -0.39 is 0 Å². The molecule has 1 unspecified atom stereocenters. The van der Waals surface area contributed by atoms with Crippen molar-refractivity contribution < 1.29 is 9.84 Å². The van der Waals surface area contributed by atoms with Gasteiger partial charge in [-0.15, -0.1) is 0 Å². The van der Waals surface area contributed by atoms with Gasteiger partial charge < -0.3 is 9.84 Å². The lowest BCUT2D eigenvalue weighted by atomic mass is 10.1. The summed E-state index contributed by atoms with van der Waals surface area (Å²) in [5.41, 5.74) is 2.19. The Morgan fingerprint density at radius 3 is 2.95 bits per heavy atom. The van der Waals surface area contributed by atoms with Crippen LogP contribution in [-0.2, 0) is 13.1 Å². The molecule has 0 spiro atoms. The molecular weight excluding hydrogens is 286 g/mol. The number of phenols is 1. The van der Waals surface area contributed by atoms with E-state index in [9.17, 15) is 5.11 Å². The normalized spacial score (nSPS) is 18.7. The zero-order chi connectivity index (χ0) is 14.8. The van der Waals surface area contributed by atoms with Gasteiger partial charge in [0.2, 0.25) is 0 Å². The molecule has 0 radical (unpaired) electrons. The van der Waals surface area contributed by atoms with E-state index in [4.69, 9.17) is 16.3 Å². The number of hydrogen-bond donors (Lipinski definition) is 1. The molecule has 1 atom stereocenters. The molecule has 2 aromatic carbocycles. The molecule has 0 saturated carbocycles. The Hall–Kier alpha value is -1.71. The minimum absolute atomic E-state index is 0.115. The second-order valence-electron chi connectivity index (χ2n) is 5.52. The van der Waals surface area contributed by atoms with Crippen LogP contribution in [0.3, 0.4) is 0 Å². The van der Waals surface area contributed by atoms with Crippen LogP contribution in [-0.4, -0.2) is 22.7 Å². The molecule has 4 heteroatoms. The van der Waals surface area contributed by atoms with E-state index in [1.54, 1.807) is 12.1 Å². The molecule has 3 nitrogen and oxygen atoms in total. The van der Waals surface area contributed by atoms with Gasteiger partial charge in [0.05, 0.1) is 0 Å². The van der Waals surface area contributed by atoms with E-state index in [1.165, 1.54) is 0 Å². The van der Waals surface area contributed by atoms with E-state index in [-0.39, 0.29) is 6.10 Å². The first kappa shape index (κ1) is 14.2. The number of hydrogen-bond acceptors (Lipinski definition) is 3. The van der Waals surface area contributed by atoms with Crippen molar-refractivity contribution in [3.8, 4) is 11.5 Å². The van der Waals surface area contributed by atoms with Crippen LogP contribution in [0.1, 0.15) is 18.1 Å². The first-order valence-electron chi connectivity index (χ1n) is 7.05. The van der Waals surface area contributed by atoms with Crippen LogP contribution in [0, 0.1) is 0 Å². The molecule has 1 aliphatic heterocycles. The summed E-state index contributed by atoms with van der Waals surface area (Å²) >= 11 is 6.09. The standard InChI is InChI=1S/C17H18ClNO2/c1-12-9-19(10-13-3-2-4-16(20)7-13)11-14-8-15(18)5-6-17(14)21-12/h2-8,12,20H,9-11H2,1H3. The molecule has 21 heavy (non-hydrogen) atoms. The van der Waals surface area contributed by atoms with Crippen molar-refractivity contribution in [1.29, 1.82) is 0 Å². The van der Waals surface area contributed by atoms with E-state index in [0.717, 1.165) is 41.5 Å². The Kier molecular flexibility index (Phi) is 4.04. The Morgan fingerprint density at radius 2 is 2.14 bits per heavy atom. The highest BCUT2D eigenvalue weighted by Crippen LogP contribution is 2.28. The average Bonchev–Trinajstić information content (AvgIpc) is 2.56. The first-order chi connectivity index (χ1) is 10.1. The maximum Gasteiger partial charge on any atom is 0.124 e. The molecule has 2 aromatic rings. The highest BCUT2D eigenvalue weighted by Gasteiger charge is 2.20. The fourth-order valence-electron chi connectivity index (χ4n) is 2.74. The topological polar surface area (TPSA) is 32.7 Å². The number of phenolic OH excluding ortho intramolecular Hbond substituents is 1. The molecule has 0 aliphatic carbocycles. The van der Waals surface area contributed by atoms with E-state index in [1.807, 2.05) is 30.3 Å². The molecule has 0 amide bonds. The van der Waals surface area contributed by atoms with Crippen LogP contribution in [0.15, 0.2) is 42.5 Å². The van der Waals surface area contributed by atoms with Crippen LogP contribution in [0.25, 0.3) is 0 Å². The largest absolute Gasteiger partial charge is 0.508 e.